The Morgan fingerprint density at radius 2 is 2.25 bits per heavy atom. The Bertz CT molecular complexity index is 644. The second-order valence-electron chi connectivity index (χ2n) is 5.68. The summed E-state index contributed by atoms with van der Waals surface area (Å²) in [6, 6.07) is 5.51. The molecular weight excluding hydrogens is 254 g/mol. The Kier molecular flexibility index (Phi) is 3.14. The van der Waals surface area contributed by atoms with Crippen LogP contribution in [0.15, 0.2) is 24.4 Å². The smallest absolute Gasteiger partial charge is 0.255 e. The quantitative estimate of drug-likeness (QED) is 0.743. The fourth-order valence-electron chi connectivity index (χ4n) is 2.84. The summed E-state index contributed by atoms with van der Waals surface area (Å²) in [6.45, 7) is 0.685. The highest BCUT2D eigenvalue weighted by molar-refractivity contribution is 6.07. The van der Waals surface area contributed by atoms with Gasteiger partial charge in [-0.1, -0.05) is 0 Å². The van der Waals surface area contributed by atoms with E-state index in [0.29, 0.717) is 23.7 Å². The zero-order valence-corrected chi connectivity index (χ0v) is 11.5. The number of carbonyl (C=O) groups is 1. The summed E-state index contributed by atoms with van der Waals surface area (Å²) in [6.07, 6.45) is 3.13. The summed E-state index contributed by atoms with van der Waals surface area (Å²) in [5.74, 6) is 0.400. The van der Waals surface area contributed by atoms with Gasteiger partial charge in [-0.2, -0.15) is 0 Å². The van der Waals surface area contributed by atoms with Crippen molar-refractivity contribution in [1.29, 1.82) is 0 Å². The van der Waals surface area contributed by atoms with Crippen LogP contribution < -0.4 is 5.73 Å². The fourth-order valence-corrected chi connectivity index (χ4v) is 2.84. The van der Waals surface area contributed by atoms with Crippen LogP contribution in [0.25, 0.3) is 10.9 Å². The van der Waals surface area contributed by atoms with Gasteiger partial charge in [-0.25, -0.2) is 0 Å². The minimum absolute atomic E-state index is 0.0109. The number of amides is 1. The first-order valence-electron chi connectivity index (χ1n) is 6.84. The molecule has 1 aromatic carbocycles. The SMILES string of the molecule is CN(CC1CC(O)C1)C(=O)c1c[nH]c2ccc(N)cc12. The van der Waals surface area contributed by atoms with Gasteiger partial charge in [0.15, 0.2) is 0 Å². The summed E-state index contributed by atoms with van der Waals surface area (Å²) in [7, 11) is 1.80. The molecule has 1 saturated carbocycles. The predicted octanol–water partition coefficient (Wildman–Crippen LogP) is 1.59. The second kappa shape index (κ2) is 4.83. The molecule has 1 fully saturated rings. The highest BCUT2D eigenvalue weighted by Gasteiger charge is 2.29. The number of benzene rings is 1. The summed E-state index contributed by atoms with van der Waals surface area (Å²) in [5, 5.41) is 10.2. The van der Waals surface area contributed by atoms with Crippen molar-refractivity contribution in [2.24, 2.45) is 5.92 Å². The number of nitrogens with one attached hydrogen (secondary N) is 1. The van der Waals surface area contributed by atoms with Crippen LogP contribution in [0.2, 0.25) is 0 Å². The van der Waals surface area contributed by atoms with E-state index in [4.69, 9.17) is 5.73 Å². The van der Waals surface area contributed by atoms with E-state index in [0.717, 1.165) is 23.7 Å². The van der Waals surface area contributed by atoms with Gasteiger partial charge in [0.1, 0.15) is 0 Å². The first-order valence-corrected chi connectivity index (χ1v) is 6.84. The molecule has 0 unspecified atom stereocenters. The normalized spacial score (nSPS) is 21.7. The lowest BCUT2D eigenvalue weighted by Crippen LogP contribution is -2.39. The Morgan fingerprint density at radius 1 is 1.50 bits per heavy atom. The number of hydrogen-bond acceptors (Lipinski definition) is 3. The average Bonchev–Trinajstić information content (AvgIpc) is 2.78. The molecule has 5 heteroatoms. The highest BCUT2D eigenvalue weighted by atomic mass is 16.3. The van der Waals surface area contributed by atoms with E-state index in [1.165, 1.54) is 0 Å². The Morgan fingerprint density at radius 3 is 2.95 bits per heavy atom. The van der Waals surface area contributed by atoms with Crippen LogP contribution in [0.5, 0.6) is 0 Å². The Hall–Kier alpha value is -2.01. The number of aliphatic hydroxyl groups is 1. The molecule has 2 aromatic rings. The van der Waals surface area contributed by atoms with E-state index in [1.54, 1.807) is 18.1 Å². The molecule has 0 spiro atoms. The molecule has 20 heavy (non-hydrogen) atoms. The van der Waals surface area contributed by atoms with Crippen molar-refractivity contribution in [3.63, 3.8) is 0 Å². The topological polar surface area (TPSA) is 82.3 Å². The third kappa shape index (κ3) is 2.25. The molecule has 0 bridgehead atoms. The van der Waals surface area contributed by atoms with Crippen molar-refractivity contribution in [2.45, 2.75) is 18.9 Å². The number of aliphatic hydroxyl groups excluding tert-OH is 1. The maximum absolute atomic E-state index is 12.5. The number of aromatic nitrogens is 1. The van der Waals surface area contributed by atoms with Crippen molar-refractivity contribution in [2.75, 3.05) is 19.3 Å². The molecule has 0 atom stereocenters. The zero-order valence-electron chi connectivity index (χ0n) is 11.5. The minimum atomic E-state index is -0.184. The minimum Gasteiger partial charge on any atom is -0.399 e. The van der Waals surface area contributed by atoms with Crippen LogP contribution in [0.1, 0.15) is 23.2 Å². The molecule has 5 nitrogen and oxygen atoms in total. The van der Waals surface area contributed by atoms with Crippen molar-refractivity contribution in [1.82, 2.24) is 9.88 Å². The summed E-state index contributed by atoms with van der Waals surface area (Å²) < 4.78 is 0. The van der Waals surface area contributed by atoms with Gasteiger partial charge in [0, 0.05) is 36.4 Å². The largest absolute Gasteiger partial charge is 0.399 e. The molecule has 0 aliphatic heterocycles. The molecule has 1 aromatic heterocycles. The van der Waals surface area contributed by atoms with Crippen LogP contribution in [-0.4, -0.2) is 40.6 Å². The van der Waals surface area contributed by atoms with Crippen molar-refractivity contribution >= 4 is 22.5 Å². The number of nitrogens with two attached hydrogens (primary N) is 1. The molecular formula is C15H19N3O2. The highest BCUT2D eigenvalue weighted by Crippen LogP contribution is 2.28. The van der Waals surface area contributed by atoms with E-state index in [-0.39, 0.29) is 12.0 Å². The van der Waals surface area contributed by atoms with E-state index < -0.39 is 0 Å². The molecule has 4 N–H and O–H groups in total. The lowest BCUT2D eigenvalue weighted by Gasteiger charge is -2.34. The molecule has 1 heterocycles. The van der Waals surface area contributed by atoms with E-state index in [9.17, 15) is 9.90 Å². The molecule has 1 aliphatic rings. The lowest BCUT2D eigenvalue weighted by atomic mass is 9.82. The predicted molar refractivity (Wildman–Crippen MR) is 78.4 cm³/mol. The molecule has 1 aliphatic carbocycles. The number of nitrogens with zero attached hydrogens (tertiary/aromatic N) is 1. The van der Waals surface area contributed by atoms with Gasteiger partial charge in [-0.15, -0.1) is 0 Å². The monoisotopic (exact) mass is 273 g/mol. The first kappa shape index (κ1) is 13.0. The lowest BCUT2D eigenvalue weighted by molar-refractivity contribution is 0.0266. The van der Waals surface area contributed by atoms with Gasteiger partial charge in [-0.05, 0) is 37.0 Å². The molecule has 106 valence electrons. The molecule has 0 saturated heterocycles. The van der Waals surface area contributed by atoms with E-state index in [2.05, 4.69) is 4.98 Å². The number of aromatic amines is 1. The van der Waals surface area contributed by atoms with Crippen LogP contribution in [0.4, 0.5) is 5.69 Å². The number of fused-ring (bicyclic) bond motifs is 1. The second-order valence-corrected chi connectivity index (χ2v) is 5.68. The third-order valence-corrected chi connectivity index (χ3v) is 4.03. The maximum atomic E-state index is 12.5. The van der Waals surface area contributed by atoms with Crippen molar-refractivity contribution in [3.05, 3.63) is 30.0 Å². The number of H-pyrrole nitrogens is 1. The van der Waals surface area contributed by atoms with Gasteiger partial charge in [0.25, 0.3) is 5.91 Å². The fraction of sp³-hybridized carbons (Fsp3) is 0.400. The Labute approximate surface area is 117 Å². The summed E-state index contributed by atoms with van der Waals surface area (Å²) >= 11 is 0. The number of hydrogen-bond donors (Lipinski definition) is 3. The van der Waals surface area contributed by atoms with Crippen LogP contribution in [-0.2, 0) is 0 Å². The van der Waals surface area contributed by atoms with Crippen LogP contribution >= 0.6 is 0 Å². The summed E-state index contributed by atoms with van der Waals surface area (Å²) in [5.41, 5.74) is 8.00. The van der Waals surface area contributed by atoms with Crippen molar-refractivity contribution in [3.8, 4) is 0 Å². The van der Waals surface area contributed by atoms with Gasteiger partial charge < -0.3 is 20.7 Å². The number of anilines is 1. The van der Waals surface area contributed by atoms with Crippen molar-refractivity contribution < 1.29 is 9.90 Å². The van der Waals surface area contributed by atoms with Crippen LogP contribution in [0.3, 0.4) is 0 Å². The standard InChI is InChI=1S/C15H19N3O2/c1-18(8-9-4-11(19)5-9)15(20)13-7-17-14-3-2-10(16)6-12(13)14/h2-3,6-7,9,11,17,19H,4-5,8,16H2,1H3. The van der Waals surface area contributed by atoms with Crippen LogP contribution in [0, 0.1) is 5.92 Å². The Balaban J connectivity index is 1.79. The third-order valence-electron chi connectivity index (χ3n) is 4.03. The number of carbonyl (C=O) groups excluding carboxylic acids is 1. The molecule has 0 radical (unpaired) electrons. The zero-order chi connectivity index (χ0) is 14.3. The maximum Gasteiger partial charge on any atom is 0.255 e. The van der Waals surface area contributed by atoms with Gasteiger partial charge in [0.05, 0.1) is 11.7 Å². The first-order chi connectivity index (χ1) is 9.54. The number of rotatable bonds is 3. The molecule has 3 rings (SSSR count). The van der Waals surface area contributed by atoms with E-state index in [1.807, 2.05) is 18.2 Å². The van der Waals surface area contributed by atoms with Gasteiger partial charge in [-0.3, -0.25) is 4.79 Å². The average molecular weight is 273 g/mol. The molecule has 1 amide bonds. The number of nitrogen functional groups attached to an aromatic ring is 1. The van der Waals surface area contributed by atoms with Gasteiger partial charge >= 0.3 is 0 Å². The van der Waals surface area contributed by atoms with Gasteiger partial charge in [0.2, 0.25) is 0 Å². The van der Waals surface area contributed by atoms with E-state index >= 15 is 0 Å². The summed E-state index contributed by atoms with van der Waals surface area (Å²) in [4.78, 5) is 17.3.